The predicted molar refractivity (Wildman–Crippen MR) is 55.0 cm³/mol. The fourth-order valence-corrected chi connectivity index (χ4v) is 1.35. The van der Waals surface area contributed by atoms with E-state index in [0.29, 0.717) is 16.1 Å². The zero-order chi connectivity index (χ0) is 10.0. The Morgan fingerprint density at radius 3 is 2.46 bits per heavy atom. The van der Waals surface area contributed by atoms with Crippen LogP contribution in [0.15, 0.2) is 4.47 Å². The summed E-state index contributed by atoms with van der Waals surface area (Å²) in [7, 11) is 5.24. The normalized spacial score (nSPS) is 9.85. The molecule has 5 nitrogen and oxygen atoms in total. The summed E-state index contributed by atoms with van der Waals surface area (Å²) < 4.78 is 5.57. The van der Waals surface area contributed by atoms with Crippen molar-refractivity contribution < 1.29 is 4.74 Å². The summed E-state index contributed by atoms with van der Waals surface area (Å²) in [6, 6.07) is 0.268. The van der Waals surface area contributed by atoms with Crippen molar-refractivity contribution in [1.82, 2.24) is 9.97 Å². The Morgan fingerprint density at radius 2 is 2.00 bits per heavy atom. The summed E-state index contributed by atoms with van der Waals surface area (Å²) in [5, 5.41) is 0. The molecular weight excluding hydrogens is 236 g/mol. The summed E-state index contributed by atoms with van der Waals surface area (Å²) in [5.41, 5.74) is 5.63. The molecule has 0 atom stereocenters. The molecule has 1 rings (SSSR count). The Kier molecular flexibility index (Phi) is 2.92. The van der Waals surface area contributed by atoms with Crippen molar-refractivity contribution in [3.63, 3.8) is 0 Å². The molecule has 72 valence electrons. The van der Waals surface area contributed by atoms with Gasteiger partial charge in [-0.3, -0.25) is 0 Å². The molecule has 0 saturated heterocycles. The van der Waals surface area contributed by atoms with Crippen molar-refractivity contribution >= 4 is 27.6 Å². The highest BCUT2D eigenvalue weighted by atomic mass is 79.9. The van der Waals surface area contributed by atoms with Crippen molar-refractivity contribution in [2.75, 3.05) is 31.8 Å². The van der Waals surface area contributed by atoms with Gasteiger partial charge in [-0.15, -0.1) is 0 Å². The average Bonchev–Trinajstić information content (AvgIpc) is 2.09. The van der Waals surface area contributed by atoms with Crippen LogP contribution in [0.1, 0.15) is 0 Å². The zero-order valence-corrected chi connectivity index (χ0v) is 9.29. The minimum Gasteiger partial charge on any atom is -0.467 e. The van der Waals surface area contributed by atoms with E-state index < -0.39 is 0 Å². The van der Waals surface area contributed by atoms with Gasteiger partial charge in [-0.05, 0) is 15.9 Å². The average molecular weight is 247 g/mol. The van der Waals surface area contributed by atoms with Crippen LogP contribution in [0.4, 0.5) is 11.6 Å². The molecule has 0 fully saturated rings. The maximum absolute atomic E-state index is 5.63. The molecule has 0 aromatic carbocycles. The minimum absolute atomic E-state index is 0.268. The van der Waals surface area contributed by atoms with Crippen LogP contribution in [0.3, 0.4) is 0 Å². The molecule has 1 heterocycles. The van der Waals surface area contributed by atoms with Gasteiger partial charge in [0.15, 0.2) is 5.82 Å². The van der Waals surface area contributed by atoms with E-state index in [2.05, 4.69) is 25.9 Å². The van der Waals surface area contributed by atoms with Gasteiger partial charge in [-0.25, -0.2) is 0 Å². The van der Waals surface area contributed by atoms with Gasteiger partial charge in [0.2, 0.25) is 0 Å². The number of rotatable bonds is 2. The maximum atomic E-state index is 5.63. The van der Waals surface area contributed by atoms with Crippen molar-refractivity contribution in [1.29, 1.82) is 0 Å². The Morgan fingerprint density at radius 1 is 1.38 bits per heavy atom. The number of hydrogen-bond acceptors (Lipinski definition) is 5. The van der Waals surface area contributed by atoms with Gasteiger partial charge < -0.3 is 15.4 Å². The third kappa shape index (κ3) is 2.00. The van der Waals surface area contributed by atoms with Crippen LogP contribution in [0.25, 0.3) is 0 Å². The molecule has 0 unspecified atom stereocenters. The number of anilines is 2. The van der Waals surface area contributed by atoms with Gasteiger partial charge in [0.25, 0.3) is 0 Å². The first-order valence-corrected chi connectivity index (χ1v) is 4.40. The summed E-state index contributed by atoms with van der Waals surface area (Å²) in [6.45, 7) is 0. The van der Waals surface area contributed by atoms with E-state index in [0.717, 1.165) is 0 Å². The van der Waals surface area contributed by atoms with E-state index in [-0.39, 0.29) is 6.01 Å². The highest BCUT2D eigenvalue weighted by molar-refractivity contribution is 9.10. The fraction of sp³-hybridized carbons (Fsp3) is 0.429. The van der Waals surface area contributed by atoms with Crippen LogP contribution in [0.5, 0.6) is 6.01 Å². The molecular formula is C7H11BrN4O. The Labute approximate surface area is 85.0 Å². The van der Waals surface area contributed by atoms with Crippen LogP contribution in [-0.2, 0) is 0 Å². The molecule has 0 aliphatic rings. The van der Waals surface area contributed by atoms with E-state index in [1.54, 1.807) is 0 Å². The van der Waals surface area contributed by atoms with Gasteiger partial charge in [-0.1, -0.05) is 0 Å². The monoisotopic (exact) mass is 246 g/mol. The number of hydrogen-bond donors (Lipinski definition) is 1. The second-order valence-electron chi connectivity index (χ2n) is 2.63. The standard InChI is InChI=1S/C7H11BrN4O/c1-12(2)6-4(8)5(9)10-7(11-6)13-3/h1-3H3,(H2,9,10,11). The Balaban J connectivity index is 3.25. The number of nitrogens with zero attached hydrogens (tertiary/aromatic N) is 3. The van der Waals surface area contributed by atoms with Crippen molar-refractivity contribution in [2.45, 2.75) is 0 Å². The zero-order valence-electron chi connectivity index (χ0n) is 7.71. The highest BCUT2D eigenvalue weighted by Crippen LogP contribution is 2.28. The van der Waals surface area contributed by atoms with Gasteiger partial charge in [0.05, 0.1) is 7.11 Å². The number of nitrogens with two attached hydrogens (primary N) is 1. The second kappa shape index (κ2) is 3.78. The number of halogens is 1. The van der Waals surface area contributed by atoms with Crippen molar-refractivity contribution in [3.05, 3.63) is 4.47 Å². The summed E-state index contributed by atoms with van der Waals surface area (Å²) in [5.74, 6) is 1.07. The van der Waals surface area contributed by atoms with E-state index in [9.17, 15) is 0 Å². The minimum atomic E-state index is 0.268. The van der Waals surface area contributed by atoms with Crippen LogP contribution in [-0.4, -0.2) is 31.2 Å². The molecule has 6 heteroatoms. The van der Waals surface area contributed by atoms with Gasteiger partial charge in [0, 0.05) is 14.1 Å². The molecule has 1 aromatic heterocycles. The van der Waals surface area contributed by atoms with Crippen molar-refractivity contribution in [2.24, 2.45) is 0 Å². The molecule has 0 amide bonds. The molecule has 1 aromatic rings. The largest absolute Gasteiger partial charge is 0.467 e. The topological polar surface area (TPSA) is 64.3 Å². The lowest BCUT2D eigenvalue weighted by atomic mass is 10.5. The van der Waals surface area contributed by atoms with E-state index in [1.807, 2.05) is 19.0 Å². The van der Waals surface area contributed by atoms with E-state index in [1.165, 1.54) is 7.11 Å². The maximum Gasteiger partial charge on any atom is 0.320 e. The fourth-order valence-electron chi connectivity index (χ4n) is 0.819. The van der Waals surface area contributed by atoms with Crippen LogP contribution in [0, 0.1) is 0 Å². The molecule has 0 aliphatic carbocycles. The molecule has 0 radical (unpaired) electrons. The summed E-state index contributed by atoms with van der Waals surface area (Å²) >= 11 is 3.30. The Hall–Kier alpha value is -1.04. The summed E-state index contributed by atoms with van der Waals surface area (Å²) in [4.78, 5) is 9.85. The van der Waals surface area contributed by atoms with Gasteiger partial charge in [0.1, 0.15) is 10.3 Å². The molecule has 0 saturated carbocycles. The quantitative estimate of drug-likeness (QED) is 0.840. The lowest BCUT2D eigenvalue weighted by Gasteiger charge is -2.14. The molecule has 0 aliphatic heterocycles. The van der Waals surface area contributed by atoms with Gasteiger partial charge >= 0.3 is 6.01 Å². The number of nitrogen functional groups attached to an aromatic ring is 1. The molecule has 13 heavy (non-hydrogen) atoms. The van der Waals surface area contributed by atoms with Crippen molar-refractivity contribution in [3.8, 4) is 6.01 Å². The lowest BCUT2D eigenvalue weighted by molar-refractivity contribution is 0.380. The lowest BCUT2D eigenvalue weighted by Crippen LogP contribution is -2.13. The first kappa shape index (κ1) is 10.0. The highest BCUT2D eigenvalue weighted by Gasteiger charge is 2.11. The third-order valence-corrected chi connectivity index (χ3v) is 2.21. The van der Waals surface area contributed by atoms with E-state index in [4.69, 9.17) is 10.5 Å². The van der Waals surface area contributed by atoms with Crippen LogP contribution >= 0.6 is 15.9 Å². The molecule has 0 bridgehead atoms. The predicted octanol–water partition coefficient (Wildman–Crippen LogP) is 0.896. The van der Waals surface area contributed by atoms with Gasteiger partial charge in [-0.2, -0.15) is 9.97 Å². The molecule has 0 spiro atoms. The smallest absolute Gasteiger partial charge is 0.320 e. The SMILES string of the molecule is COc1nc(N)c(Br)c(N(C)C)n1. The second-order valence-corrected chi connectivity index (χ2v) is 3.42. The first-order chi connectivity index (χ1) is 6.06. The van der Waals surface area contributed by atoms with Crippen LogP contribution < -0.4 is 15.4 Å². The Bertz CT molecular complexity index is 316. The summed E-state index contributed by atoms with van der Waals surface area (Å²) in [6.07, 6.45) is 0. The number of ether oxygens (including phenoxy) is 1. The first-order valence-electron chi connectivity index (χ1n) is 3.60. The molecule has 2 N–H and O–H groups in total. The number of methoxy groups -OCH3 is 1. The van der Waals surface area contributed by atoms with E-state index >= 15 is 0 Å². The van der Waals surface area contributed by atoms with Crippen LogP contribution in [0.2, 0.25) is 0 Å². The third-order valence-electron chi connectivity index (χ3n) is 1.45. The number of aromatic nitrogens is 2.